The predicted octanol–water partition coefficient (Wildman–Crippen LogP) is 3.51. The molecule has 1 aliphatic carbocycles. The Morgan fingerprint density at radius 2 is 1.74 bits per heavy atom. The minimum atomic E-state index is -2.67. The van der Waals surface area contributed by atoms with Gasteiger partial charge in [0.25, 0.3) is 0 Å². The molecule has 0 amide bonds. The highest BCUT2D eigenvalue weighted by molar-refractivity contribution is 5.43. The van der Waals surface area contributed by atoms with Crippen molar-refractivity contribution < 1.29 is 17.9 Å². The highest BCUT2D eigenvalue weighted by Crippen LogP contribution is 2.45. The van der Waals surface area contributed by atoms with E-state index >= 15 is 0 Å². The van der Waals surface area contributed by atoms with Gasteiger partial charge in [0.2, 0.25) is 5.92 Å². The lowest BCUT2D eigenvalue weighted by molar-refractivity contribution is -0.0516. The molecule has 0 aromatic heterocycles. The number of ether oxygens (including phenoxy) is 1. The second-order valence-corrected chi connectivity index (χ2v) is 5.31. The first-order valence-electron chi connectivity index (χ1n) is 6.29. The number of rotatable bonds is 2. The molecular weight excluding hydrogens is 255 g/mol. The molecule has 1 aliphatic rings. The Kier molecular flexibility index (Phi) is 3.51. The first kappa shape index (κ1) is 14.2. The summed E-state index contributed by atoms with van der Waals surface area (Å²) in [6, 6.07) is 2.88. The van der Waals surface area contributed by atoms with Crippen molar-refractivity contribution in [3.63, 3.8) is 0 Å². The van der Waals surface area contributed by atoms with Crippen molar-refractivity contribution >= 4 is 0 Å². The summed E-state index contributed by atoms with van der Waals surface area (Å²) in [6.45, 7) is 1.62. The third kappa shape index (κ3) is 2.71. The smallest absolute Gasteiger partial charge is 0.248 e. The summed E-state index contributed by atoms with van der Waals surface area (Å²) in [6.07, 6.45) is -0.304. The molecule has 1 aromatic rings. The van der Waals surface area contributed by atoms with Gasteiger partial charge in [0.15, 0.2) is 0 Å². The molecule has 0 radical (unpaired) electrons. The second kappa shape index (κ2) is 4.71. The molecule has 2 nitrogen and oxygen atoms in total. The maximum Gasteiger partial charge on any atom is 0.248 e. The first-order valence-corrected chi connectivity index (χ1v) is 6.29. The van der Waals surface area contributed by atoms with Gasteiger partial charge >= 0.3 is 0 Å². The molecule has 0 spiro atoms. The fourth-order valence-electron chi connectivity index (χ4n) is 2.54. The molecule has 0 unspecified atom stereocenters. The van der Waals surface area contributed by atoms with Crippen molar-refractivity contribution in [2.24, 2.45) is 5.73 Å². The van der Waals surface area contributed by atoms with E-state index in [1.165, 1.54) is 13.2 Å². The van der Waals surface area contributed by atoms with E-state index in [0.29, 0.717) is 16.9 Å². The topological polar surface area (TPSA) is 35.2 Å². The van der Waals surface area contributed by atoms with E-state index in [1.54, 1.807) is 13.0 Å². The Hall–Kier alpha value is -1.23. The number of aryl methyl sites for hydroxylation is 1. The van der Waals surface area contributed by atoms with Gasteiger partial charge in [-0.3, -0.25) is 0 Å². The van der Waals surface area contributed by atoms with Crippen LogP contribution in [0.1, 0.15) is 36.8 Å². The van der Waals surface area contributed by atoms with Crippen LogP contribution in [0, 0.1) is 12.7 Å². The molecule has 0 heterocycles. The summed E-state index contributed by atoms with van der Waals surface area (Å²) in [5.74, 6) is -2.59. The van der Waals surface area contributed by atoms with E-state index in [4.69, 9.17) is 10.5 Å². The van der Waals surface area contributed by atoms with Crippen LogP contribution in [-0.2, 0) is 5.54 Å². The molecule has 1 saturated carbocycles. The average molecular weight is 273 g/mol. The fourth-order valence-corrected chi connectivity index (χ4v) is 2.54. The van der Waals surface area contributed by atoms with Crippen LogP contribution in [0.25, 0.3) is 0 Å². The van der Waals surface area contributed by atoms with E-state index in [0.717, 1.165) is 0 Å². The maximum absolute atomic E-state index is 13.7. The van der Waals surface area contributed by atoms with Crippen LogP contribution in [0.4, 0.5) is 13.2 Å². The Balaban J connectivity index is 2.38. The maximum atomic E-state index is 13.7. The summed E-state index contributed by atoms with van der Waals surface area (Å²) in [7, 11) is 1.47. The van der Waals surface area contributed by atoms with Crippen molar-refractivity contribution in [2.45, 2.75) is 44.1 Å². The molecular formula is C14H18F3NO. The Bertz CT molecular complexity index is 478. The number of methoxy groups -OCH3 is 1. The lowest BCUT2D eigenvalue weighted by Crippen LogP contribution is -2.43. The largest absolute Gasteiger partial charge is 0.496 e. The predicted molar refractivity (Wildman–Crippen MR) is 67.0 cm³/mol. The SMILES string of the molecule is COc1cc(C)c(F)cc1C1(N)CCC(F)(F)CC1. The van der Waals surface area contributed by atoms with Crippen LogP contribution < -0.4 is 10.5 Å². The molecule has 5 heteroatoms. The molecule has 1 aromatic carbocycles. The molecule has 106 valence electrons. The van der Waals surface area contributed by atoms with Crippen molar-refractivity contribution in [1.82, 2.24) is 0 Å². The summed E-state index contributed by atoms with van der Waals surface area (Å²) in [4.78, 5) is 0. The highest BCUT2D eigenvalue weighted by Gasteiger charge is 2.43. The quantitative estimate of drug-likeness (QED) is 0.895. The third-order valence-electron chi connectivity index (χ3n) is 3.89. The van der Waals surface area contributed by atoms with Crippen molar-refractivity contribution in [1.29, 1.82) is 0 Å². The Labute approximate surface area is 110 Å². The van der Waals surface area contributed by atoms with Crippen LogP contribution in [0.15, 0.2) is 12.1 Å². The van der Waals surface area contributed by atoms with E-state index in [1.807, 2.05) is 0 Å². The second-order valence-electron chi connectivity index (χ2n) is 5.31. The minimum absolute atomic E-state index is 0.124. The number of hydrogen-bond acceptors (Lipinski definition) is 2. The van der Waals surface area contributed by atoms with Gasteiger partial charge in [0, 0.05) is 23.9 Å². The average Bonchev–Trinajstić information content (AvgIpc) is 2.36. The zero-order valence-corrected chi connectivity index (χ0v) is 11.1. The summed E-state index contributed by atoms with van der Waals surface area (Å²) in [5.41, 5.74) is 6.20. The van der Waals surface area contributed by atoms with Crippen LogP contribution in [0.3, 0.4) is 0 Å². The molecule has 19 heavy (non-hydrogen) atoms. The van der Waals surface area contributed by atoms with Crippen LogP contribution in [0.2, 0.25) is 0 Å². The fraction of sp³-hybridized carbons (Fsp3) is 0.571. The van der Waals surface area contributed by atoms with Crippen molar-refractivity contribution in [2.75, 3.05) is 7.11 Å². The van der Waals surface area contributed by atoms with E-state index in [-0.39, 0.29) is 25.7 Å². The van der Waals surface area contributed by atoms with Crippen molar-refractivity contribution in [3.05, 3.63) is 29.1 Å². The Morgan fingerprint density at radius 1 is 1.16 bits per heavy atom. The molecule has 0 saturated heterocycles. The third-order valence-corrected chi connectivity index (χ3v) is 3.89. The van der Waals surface area contributed by atoms with Crippen molar-refractivity contribution in [3.8, 4) is 5.75 Å². The van der Waals surface area contributed by atoms with E-state index in [2.05, 4.69) is 0 Å². The summed E-state index contributed by atoms with van der Waals surface area (Å²) in [5, 5.41) is 0. The number of nitrogens with two attached hydrogens (primary N) is 1. The van der Waals surface area contributed by atoms with E-state index in [9.17, 15) is 13.2 Å². The normalized spacial score (nSPS) is 21.2. The Morgan fingerprint density at radius 3 is 2.26 bits per heavy atom. The standard InChI is InChI=1S/C14H18F3NO/c1-9-7-12(19-2)10(8-11(9)15)13(18)3-5-14(16,17)6-4-13/h7-8H,3-6,18H2,1-2H3. The van der Waals surface area contributed by atoms with Gasteiger partial charge in [0.1, 0.15) is 11.6 Å². The number of hydrogen-bond donors (Lipinski definition) is 1. The molecule has 0 atom stereocenters. The molecule has 1 fully saturated rings. The van der Waals surface area contributed by atoms with Gasteiger partial charge < -0.3 is 10.5 Å². The van der Waals surface area contributed by atoms with Crippen LogP contribution in [0.5, 0.6) is 5.75 Å². The van der Waals surface area contributed by atoms with E-state index < -0.39 is 17.3 Å². The van der Waals surface area contributed by atoms with Gasteiger partial charge in [-0.1, -0.05) is 0 Å². The zero-order chi connectivity index (χ0) is 14.3. The van der Waals surface area contributed by atoms with Gasteiger partial charge in [-0.05, 0) is 37.5 Å². The molecule has 2 N–H and O–H groups in total. The lowest BCUT2D eigenvalue weighted by atomic mass is 9.75. The lowest BCUT2D eigenvalue weighted by Gasteiger charge is -2.38. The molecule has 0 bridgehead atoms. The molecule has 2 rings (SSSR count). The monoisotopic (exact) mass is 273 g/mol. The minimum Gasteiger partial charge on any atom is -0.496 e. The molecule has 0 aliphatic heterocycles. The number of benzene rings is 1. The summed E-state index contributed by atoms with van der Waals surface area (Å²) >= 11 is 0. The highest BCUT2D eigenvalue weighted by atomic mass is 19.3. The number of alkyl halides is 2. The summed E-state index contributed by atoms with van der Waals surface area (Å²) < 4.78 is 45.4. The van der Waals surface area contributed by atoms with Crippen LogP contribution in [-0.4, -0.2) is 13.0 Å². The zero-order valence-electron chi connectivity index (χ0n) is 11.1. The van der Waals surface area contributed by atoms with Gasteiger partial charge in [0.05, 0.1) is 7.11 Å². The van der Waals surface area contributed by atoms with Gasteiger partial charge in [-0.2, -0.15) is 0 Å². The van der Waals surface area contributed by atoms with Crippen LogP contribution >= 0.6 is 0 Å². The van der Waals surface area contributed by atoms with Gasteiger partial charge in [-0.15, -0.1) is 0 Å². The number of halogens is 3. The first-order chi connectivity index (χ1) is 8.77. The van der Waals surface area contributed by atoms with Gasteiger partial charge in [-0.25, -0.2) is 13.2 Å².